The third-order valence-corrected chi connectivity index (χ3v) is 5.25. The summed E-state index contributed by atoms with van der Waals surface area (Å²) in [4.78, 5) is 12.8. The first kappa shape index (κ1) is 15.5. The van der Waals surface area contributed by atoms with Gasteiger partial charge in [-0.15, -0.1) is 0 Å². The third-order valence-electron chi connectivity index (χ3n) is 4.76. The summed E-state index contributed by atoms with van der Waals surface area (Å²) in [6.07, 6.45) is 8.37. The van der Waals surface area contributed by atoms with E-state index in [0.717, 1.165) is 34.9 Å². The Morgan fingerprint density at radius 2 is 1.86 bits per heavy atom. The molecule has 2 bridgehead atoms. The molecule has 1 N–H and O–H groups in total. The van der Waals surface area contributed by atoms with Crippen molar-refractivity contribution >= 4 is 27.3 Å². The van der Waals surface area contributed by atoms with Crippen molar-refractivity contribution in [1.82, 2.24) is 0 Å². The highest BCUT2D eigenvalue weighted by atomic mass is 79.9. The zero-order valence-electron chi connectivity index (χ0n) is 12.8. The molecule has 0 fully saturated rings. The molecule has 2 nitrogen and oxygen atoms in total. The number of aryl methyl sites for hydroxylation is 1. The fraction of sp³-hybridized carbons (Fsp3) is 0.421. The Morgan fingerprint density at radius 3 is 2.50 bits per heavy atom. The number of ketones is 1. The van der Waals surface area contributed by atoms with Crippen molar-refractivity contribution in [2.24, 2.45) is 11.8 Å². The van der Waals surface area contributed by atoms with Crippen molar-refractivity contribution in [3.05, 3.63) is 51.7 Å². The minimum Gasteiger partial charge on any atom is -0.512 e. The predicted octanol–water partition coefficient (Wildman–Crippen LogP) is 5.23. The lowest BCUT2D eigenvalue weighted by molar-refractivity contribution is -0.114. The van der Waals surface area contributed by atoms with Gasteiger partial charge in [0, 0.05) is 17.3 Å². The van der Waals surface area contributed by atoms with Gasteiger partial charge < -0.3 is 5.11 Å². The van der Waals surface area contributed by atoms with E-state index in [1.807, 2.05) is 18.2 Å². The van der Waals surface area contributed by atoms with Gasteiger partial charge in [-0.05, 0) is 54.4 Å². The van der Waals surface area contributed by atoms with Crippen LogP contribution in [0.15, 0.2) is 40.6 Å². The highest BCUT2D eigenvalue weighted by Crippen LogP contribution is 2.37. The van der Waals surface area contributed by atoms with Crippen LogP contribution in [0, 0.1) is 11.8 Å². The summed E-state index contributed by atoms with van der Waals surface area (Å²) < 4.78 is 0.939. The minimum atomic E-state index is 0.0718. The van der Waals surface area contributed by atoms with Gasteiger partial charge in [0.25, 0.3) is 0 Å². The molecule has 4 rings (SSSR count). The van der Waals surface area contributed by atoms with E-state index in [9.17, 15) is 9.90 Å². The van der Waals surface area contributed by atoms with Crippen molar-refractivity contribution in [3.63, 3.8) is 0 Å². The Kier molecular flexibility index (Phi) is 4.53. The van der Waals surface area contributed by atoms with E-state index in [-0.39, 0.29) is 11.5 Å². The van der Waals surface area contributed by atoms with Crippen molar-refractivity contribution in [3.8, 4) is 0 Å². The van der Waals surface area contributed by atoms with E-state index in [4.69, 9.17) is 0 Å². The zero-order chi connectivity index (χ0) is 15.7. The number of hydrogen-bond acceptors (Lipinski definition) is 2. The molecular weight excluding hydrogens is 340 g/mol. The Hall–Kier alpha value is -1.35. The number of aliphatic hydroxyl groups is 1. The normalized spacial score (nSPS) is 25.1. The van der Waals surface area contributed by atoms with E-state index >= 15 is 0 Å². The van der Waals surface area contributed by atoms with Gasteiger partial charge >= 0.3 is 0 Å². The molecule has 0 spiro atoms. The fourth-order valence-corrected chi connectivity index (χ4v) is 3.88. The van der Waals surface area contributed by atoms with Crippen LogP contribution in [0.5, 0.6) is 0 Å². The second kappa shape index (κ2) is 6.41. The molecule has 0 unspecified atom stereocenters. The number of aliphatic hydroxyl groups excluding tert-OH is 1. The largest absolute Gasteiger partial charge is 0.512 e. The zero-order valence-corrected chi connectivity index (χ0v) is 14.4. The minimum absolute atomic E-state index is 0.0718. The molecule has 2 atom stereocenters. The molecule has 3 heteroatoms. The van der Waals surface area contributed by atoms with Crippen LogP contribution in [0.4, 0.5) is 0 Å². The van der Waals surface area contributed by atoms with Crippen LogP contribution in [0.25, 0.3) is 5.57 Å². The van der Waals surface area contributed by atoms with E-state index < -0.39 is 0 Å². The fourth-order valence-electron chi connectivity index (χ4n) is 3.52. The van der Waals surface area contributed by atoms with Gasteiger partial charge in [-0.25, -0.2) is 0 Å². The van der Waals surface area contributed by atoms with Gasteiger partial charge in [-0.2, -0.15) is 0 Å². The number of rotatable bonds is 2. The second-order valence-corrected chi connectivity index (χ2v) is 7.21. The Balaban J connectivity index is 2.11. The highest BCUT2D eigenvalue weighted by molar-refractivity contribution is 9.10. The van der Waals surface area contributed by atoms with Crippen LogP contribution in [-0.4, -0.2) is 10.9 Å². The molecule has 3 aliphatic rings. The number of allylic oxidation sites excluding steroid dienone is 4. The molecular formula is C19H21BrO2. The van der Waals surface area contributed by atoms with Crippen LogP contribution >= 0.6 is 15.9 Å². The summed E-state index contributed by atoms with van der Waals surface area (Å²) in [6.45, 7) is 2.08. The molecule has 0 saturated heterocycles. The molecule has 1 aromatic carbocycles. The van der Waals surface area contributed by atoms with Gasteiger partial charge in [-0.1, -0.05) is 41.1 Å². The Bertz CT molecular complexity index is 657. The van der Waals surface area contributed by atoms with Crippen LogP contribution in [-0.2, 0) is 11.2 Å². The quantitative estimate of drug-likeness (QED) is 0.733. The van der Waals surface area contributed by atoms with E-state index in [0.29, 0.717) is 30.3 Å². The Morgan fingerprint density at radius 1 is 1.18 bits per heavy atom. The van der Waals surface area contributed by atoms with Crippen molar-refractivity contribution in [2.45, 2.75) is 39.0 Å². The monoisotopic (exact) mass is 360 g/mol. The summed E-state index contributed by atoms with van der Waals surface area (Å²) in [5.41, 5.74) is 2.54. The first-order valence-electron chi connectivity index (χ1n) is 8.01. The number of Topliss-reactive ketones (excluding diaryl/α,β-unsaturated/α-hetero) is 1. The molecule has 22 heavy (non-hydrogen) atoms. The third kappa shape index (κ3) is 3.05. The van der Waals surface area contributed by atoms with E-state index in [1.54, 1.807) is 0 Å². The standard InChI is InChI=1S/C19H21BrO2/c1-2-14-7-8-15(20)11-16(14)19-17(21)9-12-3-4-13(6-5-12)10-18(19)22/h3-4,7-8,11-13,21H,2,5-6,9-10H2,1H3/t12-,13+/m1/s1. The van der Waals surface area contributed by atoms with E-state index in [1.165, 1.54) is 0 Å². The molecule has 0 amide bonds. The number of benzene rings is 1. The molecule has 116 valence electrons. The van der Waals surface area contributed by atoms with Crippen LogP contribution in [0.3, 0.4) is 0 Å². The SMILES string of the molecule is CCc1ccc(Br)cc1C1=C(O)C[C@@H]2C=C[C@@H](CC2)CC1=O. The molecule has 1 aromatic rings. The lowest BCUT2D eigenvalue weighted by atomic mass is 9.85. The van der Waals surface area contributed by atoms with Crippen molar-refractivity contribution < 1.29 is 9.90 Å². The average Bonchev–Trinajstić information content (AvgIpc) is 2.58. The summed E-state index contributed by atoms with van der Waals surface area (Å²) in [5, 5.41) is 10.7. The van der Waals surface area contributed by atoms with Crippen molar-refractivity contribution in [2.75, 3.05) is 0 Å². The first-order valence-corrected chi connectivity index (χ1v) is 8.80. The summed E-state index contributed by atoms with van der Waals surface area (Å²) in [7, 11) is 0. The average molecular weight is 361 g/mol. The maximum atomic E-state index is 12.8. The van der Waals surface area contributed by atoms with Crippen LogP contribution in [0.1, 0.15) is 43.7 Å². The van der Waals surface area contributed by atoms with Gasteiger partial charge in [0.2, 0.25) is 0 Å². The maximum Gasteiger partial charge on any atom is 0.167 e. The molecule has 0 heterocycles. The molecule has 3 aliphatic carbocycles. The summed E-state index contributed by atoms with van der Waals surface area (Å²) >= 11 is 3.49. The van der Waals surface area contributed by atoms with Crippen molar-refractivity contribution in [1.29, 1.82) is 0 Å². The van der Waals surface area contributed by atoms with Gasteiger partial charge in [0.15, 0.2) is 5.78 Å². The van der Waals surface area contributed by atoms with Gasteiger partial charge in [-0.3, -0.25) is 4.79 Å². The lowest BCUT2D eigenvalue weighted by Crippen LogP contribution is -2.12. The lowest BCUT2D eigenvalue weighted by Gasteiger charge is -2.19. The number of fused-ring (bicyclic) bond motifs is 4. The highest BCUT2D eigenvalue weighted by Gasteiger charge is 2.28. The first-order chi connectivity index (χ1) is 10.6. The van der Waals surface area contributed by atoms with Crippen LogP contribution in [0.2, 0.25) is 0 Å². The second-order valence-electron chi connectivity index (χ2n) is 6.29. The molecule has 0 aromatic heterocycles. The maximum absolute atomic E-state index is 12.8. The van der Waals surface area contributed by atoms with Gasteiger partial charge in [0.05, 0.1) is 5.57 Å². The topological polar surface area (TPSA) is 37.3 Å². The van der Waals surface area contributed by atoms with Gasteiger partial charge in [0.1, 0.15) is 5.76 Å². The number of carbonyl (C=O) groups excluding carboxylic acids is 1. The molecule has 0 aliphatic heterocycles. The smallest absolute Gasteiger partial charge is 0.167 e. The number of hydrogen-bond donors (Lipinski definition) is 1. The summed E-state index contributed by atoms with van der Waals surface area (Å²) in [6, 6.07) is 5.99. The number of carbonyl (C=O) groups is 1. The molecule has 0 saturated carbocycles. The predicted molar refractivity (Wildman–Crippen MR) is 92.7 cm³/mol. The number of halogens is 1. The van der Waals surface area contributed by atoms with E-state index in [2.05, 4.69) is 35.0 Å². The molecule has 0 radical (unpaired) electrons. The summed E-state index contributed by atoms with van der Waals surface area (Å²) in [5.74, 6) is 1.01. The Labute approximate surface area is 140 Å². The van der Waals surface area contributed by atoms with Crippen LogP contribution < -0.4 is 0 Å².